The summed E-state index contributed by atoms with van der Waals surface area (Å²) in [5, 5.41) is 1.54. The topological polar surface area (TPSA) is 76.3 Å². The van der Waals surface area contributed by atoms with E-state index in [0.29, 0.717) is 27.2 Å². The Kier molecular flexibility index (Phi) is 7.14. The molecule has 0 saturated carbocycles. The first-order valence-electron chi connectivity index (χ1n) is 8.20. The van der Waals surface area contributed by atoms with Crippen molar-refractivity contribution >= 4 is 46.8 Å². The molecule has 0 fully saturated rings. The number of aromatic nitrogens is 1. The average molecular weight is 426 g/mol. The van der Waals surface area contributed by atoms with Crippen molar-refractivity contribution < 1.29 is 9.59 Å². The number of aryl methyl sites for hydroxylation is 1. The lowest BCUT2D eigenvalue weighted by molar-refractivity contribution is -0.127. The molecule has 2 aromatic rings. The first-order chi connectivity index (χ1) is 12.6. The van der Waals surface area contributed by atoms with Gasteiger partial charge in [0.25, 0.3) is 5.91 Å². The lowest BCUT2D eigenvalue weighted by atomic mass is 10.0. The van der Waals surface area contributed by atoms with Gasteiger partial charge in [-0.15, -0.1) is 0 Å². The van der Waals surface area contributed by atoms with Crippen LogP contribution in [-0.2, 0) is 11.3 Å². The number of pyridine rings is 1. The fourth-order valence-electron chi connectivity index (χ4n) is 2.54. The van der Waals surface area contributed by atoms with Gasteiger partial charge in [-0.25, -0.2) is 4.98 Å². The van der Waals surface area contributed by atoms with Gasteiger partial charge in [0, 0.05) is 29.3 Å². The third-order valence-electron chi connectivity index (χ3n) is 4.39. The minimum atomic E-state index is -0.542. The van der Waals surface area contributed by atoms with E-state index >= 15 is 0 Å². The van der Waals surface area contributed by atoms with Crippen LogP contribution in [0.4, 0.5) is 0 Å². The number of nitrogens with two attached hydrogens (primary N) is 1. The number of nitrogens with zero attached hydrogens (tertiary/aromatic N) is 2. The summed E-state index contributed by atoms with van der Waals surface area (Å²) in [6.07, 6.45) is 0. The molecule has 2 N–H and O–H groups in total. The normalized spacial score (nSPS) is 10.7. The molecule has 8 heteroatoms. The zero-order chi connectivity index (χ0) is 20.3. The van der Waals surface area contributed by atoms with Crippen LogP contribution in [0.3, 0.4) is 0 Å². The second-order valence-electron chi connectivity index (χ2n) is 6.27. The van der Waals surface area contributed by atoms with Crippen molar-refractivity contribution in [3.63, 3.8) is 0 Å². The van der Waals surface area contributed by atoms with Gasteiger partial charge in [0.15, 0.2) is 0 Å². The van der Waals surface area contributed by atoms with E-state index < -0.39 is 5.91 Å². The van der Waals surface area contributed by atoms with Crippen molar-refractivity contribution in [3.8, 4) is 0 Å². The van der Waals surface area contributed by atoms with Gasteiger partial charge in [-0.3, -0.25) is 9.59 Å². The number of hydrogen-bond donors (Lipinski definition) is 1. The maximum atomic E-state index is 12.5. The standard InChI is InChI=1S/C19H21Cl2N3O2S/c1-10-11(2)17(18(22)26)19(23-12(10)3)27-9-16(25)24(4)8-13-5-6-14(20)7-15(13)21/h5-7H,8-9H2,1-4H3,(H2,22,26). The summed E-state index contributed by atoms with van der Waals surface area (Å²) in [4.78, 5) is 30.4. The van der Waals surface area contributed by atoms with Gasteiger partial charge in [0.2, 0.25) is 5.91 Å². The van der Waals surface area contributed by atoms with Crippen LogP contribution in [0, 0.1) is 20.8 Å². The van der Waals surface area contributed by atoms with Crippen molar-refractivity contribution in [2.75, 3.05) is 12.8 Å². The number of benzene rings is 1. The Morgan fingerprint density at radius 1 is 1.19 bits per heavy atom. The highest BCUT2D eigenvalue weighted by Crippen LogP contribution is 2.27. The number of hydrogen-bond acceptors (Lipinski definition) is 4. The van der Waals surface area contributed by atoms with Crippen molar-refractivity contribution in [2.45, 2.75) is 32.3 Å². The molecule has 1 aromatic heterocycles. The van der Waals surface area contributed by atoms with Gasteiger partial charge in [-0.2, -0.15) is 0 Å². The van der Waals surface area contributed by atoms with Crippen LogP contribution in [0.1, 0.15) is 32.7 Å². The Morgan fingerprint density at radius 2 is 1.85 bits per heavy atom. The monoisotopic (exact) mass is 425 g/mol. The Bertz CT molecular complexity index is 903. The highest BCUT2D eigenvalue weighted by atomic mass is 35.5. The summed E-state index contributed by atoms with van der Waals surface area (Å²) >= 11 is 13.3. The Labute approximate surface area is 173 Å². The smallest absolute Gasteiger partial charge is 0.251 e. The molecule has 1 heterocycles. The lowest BCUT2D eigenvalue weighted by Gasteiger charge is -2.19. The maximum Gasteiger partial charge on any atom is 0.251 e. The molecule has 0 atom stereocenters. The Balaban J connectivity index is 2.12. The van der Waals surface area contributed by atoms with E-state index in [1.54, 1.807) is 30.1 Å². The summed E-state index contributed by atoms with van der Waals surface area (Å²) in [6.45, 7) is 5.96. The summed E-state index contributed by atoms with van der Waals surface area (Å²) in [6, 6.07) is 5.17. The molecule has 144 valence electrons. The maximum absolute atomic E-state index is 12.5. The van der Waals surface area contributed by atoms with Crippen molar-refractivity contribution in [2.24, 2.45) is 5.73 Å². The van der Waals surface area contributed by atoms with Crippen molar-refractivity contribution in [1.82, 2.24) is 9.88 Å². The van der Waals surface area contributed by atoms with E-state index in [1.807, 2.05) is 20.8 Å². The van der Waals surface area contributed by atoms with Gasteiger partial charge in [-0.1, -0.05) is 41.0 Å². The molecule has 0 unspecified atom stereocenters. The second-order valence-corrected chi connectivity index (χ2v) is 8.07. The van der Waals surface area contributed by atoms with Crippen LogP contribution in [0.15, 0.2) is 23.2 Å². The van der Waals surface area contributed by atoms with E-state index in [-0.39, 0.29) is 11.7 Å². The molecule has 0 bridgehead atoms. The van der Waals surface area contributed by atoms with Crippen molar-refractivity contribution in [1.29, 1.82) is 0 Å². The molecule has 0 saturated heterocycles. The average Bonchev–Trinajstić information content (AvgIpc) is 2.59. The van der Waals surface area contributed by atoms with E-state index in [9.17, 15) is 9.59 Å². The molecule has 0 spiro atoms. The minimum Gasteiger partial charge on any atom is -0.366 e. The Hall–Kier alpha value is -1.76. The molecular weight excluding hydrogens is 405 g/mol. The predicted octanol–water partition coefficient (Wildman–Crippen LogP) is 4.16. The largest absolute Gasteiger partial charge is 0.366 e. The fourth-order valence-corrected chi connectivity index (χ4v) is 4.09. The molecule has 5 nitrogen and oxygen atoms in total. The summed E-state index contributed by atoms with van der Waals surface area (Å²) in [7, 11) is 1.70. The summed E-state index contributed by atoms with van der Waals surface area (Å²) in [5.74, 6) is -0.518. The molecule has 2 rings (SSSR count). The fraction of sp³-hybridized carbons (Fsp3) is 0.316. The van der Waals surface area contributed by atoms with E-state index in [1.165, 1.54) is 11.8 Å². The van der Waals surface area contributed by atoms with Gasteiger partial charge in [0.05, 0.1) is 11.3 Å². The van der Waals surface area contributed by atoms with Crippen LogP contribution in [0.2, 0.25) is 10.0 Å². The number of thioether (sulfide) groups is 1. The summed E-state index contributed by atoms with van der Waals surface area (Å²) in [5.41, 5.74) is 9.23. The molecule has 0 radical (unpaired) electrons. The van der Waals surface area contributed by atoms with E-state index in [4.69, 9.17) is 28.9 Å². The number of carbonyl (C=O) groups excluding carboxylic acids is 2. The third-order valence-corrected chi connectivity index (χ3v) is 5.94. The number of primary amides is 1. The number of carbonyl (C=O) groups is 2. The van der Waals surface area contributed by atoms with Gasteiger partial charge >= 0.3 is 0 Å². The van der Waals surface area contributed by atoms with Gasteiger partial charge in [-0.05, 0) is 49.6 Å². The molecule has 0 aliphatic carbocycles. The zero-order valence-corrected chi connectivity index (χ0v) is 17.9. The molecular formula is C19H21Cl2N3O2S. The second kappa shape index (κ2) is 8.95. The SMILES string of the molecule is Cc1nc(SCC(=O)N(C)Cc2ccc(Cl)cc2Cl)c(C(N)=O)c(C)c1C. The minimum absolute atomic E-state index is 0.112. The number of halogens is 2. The molecule has 2 amide bonds. The molecule has 0 aliphatic heterocycles. The van der Waals surface area contributed by atoms with Crippen LogP contribution in [0.25, 0.3) is 0 Å². The van der Waals surface area contributed by atoms with E-state index in [0.717, 1.165) is 22.4 Å². The van der Waals surface area contributed by atoms with Crippen molar-refractivity contribution in [3.05, 3.63) is 56.2 Å². The number of amides is 2. The first-order valence-corrected chi connectivity index (χ1v) is 9.94. The summed E-state index contributed by atoms with van der Waals surface area (Å²) < 4.78 is 0. The predicted molar refractivity (Wildman–Crippen MR) is 111 cm³/mol. The Morgan fingerprint density at radius 3 is 2.44 bits per heavy atom. The third kappa shape index (κ3) is 5.15. The lowest BCUT2D eigenvalue weighted by Crippen LogP contribution is -2.28. The van der Waals surface area contributed by atoms with Gasteiger partial charge < -0.3 is 10.6 Å². The van der Waals surface area contributed by atoms with Crippen LogP contribution in [-0.4, -0.2) is 34.5 Å². The van der Waals surface area contributed by atoms with Gasteiger partial charge in [0.1, 0.15) is 5.03 Å². The van der Waals surface area contributed by atoms with E-state index in [2.05, 4.69) is 4.98 Å². The molecule has 0 aliphatic rings. The van der Waals surface area contributed by atoms with Crippen LogP contribution >= 0.6 is 35.0 Å². The van der Waals surface area contributed by atoms with Crippen LogP contribution in [0.5, 0.6) is 0 Å². The molecule has 1 aromatic carbocycles. The zero-order valence-electron chi connectivity index (χ0n) is 15.6. The van der Waals surface area contributed by atoms with Crippen LogP contribution < -0.4 is 5.73 Å². The number of rotatable bonds is 6. The molecule has 27 heavy (non-hydrogen) atoms. The first kappa shape index (κ1) is 21.5. The highest BCUT2D eigenvalue weighted by Gasteiger charge is 2.19. The highest BCUT2D eigenvalue weighted by molar-refractivity contribution is 8.00. The quantitative estimate of drug-likeness (QED) is 0.704.